The smallest absolute Gasteiger partial charge is 0.233 e. The summed E-state index contributed by atoms with van der Waals surface area (Å²) in [4.78, 5) is 34.0. The van der Waals surface area contributed by atoms with E-state index in [2.05, 4.69) is 25.6 Å². The van der Waals surface area contributed by atoms with Crippen LogP contribution in [0.15, 0.2) is 48.7 Å². The molecule has 0 aliphatic carbocycles. The van der Waals surface area contributed by atoms with E-state index in [1.54, 1.807) is 12.1 Å². The normalized spacial score (nSPS) is 22.0. The molecule has 14 nitrogen and oxygen atoms in total. The molecule has 15 heteroatoms. The molecule has 0 unspecified atom stereocenters. The van der Waals surface area contributed by atoms with Crippen molar-refractivity contribution in [1.82, 2.24) is 19.9 Å². The molecule has 1 amide bonds. The fourth-order valence-corrected chi connectivity index (χ4v) is 5.87. The highest BCUT2D eigenvalue weighted by Crippen LogP contribution is 2.30. The molecular formula is C29H39ClN12O2. The molecule has 0 radical (unpaired) electrons. The van der Waals surface area contributed by atoms with Crippen molar-refractivity contribution < 1.29 is 9.90 Å². The molecule has 2 aliphatic rings. The molecule has 2 aromatic carbocycles. The summed E-state index contributed by atoms with van der Waals surface area (Å²) in [5.74, 6) is 0.805. The molecule has 4 atom stereocenters. The van der Waals surface area contributed by atoms with Crippen molar-refractivity contribution in [3.05, 3.63) is 54.2 Å². The number of phenols is 1. The van der Waals surface area contributed by atoms with Crippen molar-refractivity contribution in [3.8, 4) is 5.75 Å². The van der Waals surface area contributed by atoms with Gasteiger partial charge in [0.15, 0.2) is 0 Å². The monoisotopic (exact) mass is 622 g/mol. The number of aromatic hydroxyl groups is 1. The van der Waals surface area contributed by atoms with E-state index in [1.165, 1.54) is 6.07 Å². The van der Waals surface area contributed by atoms with E-state index in [4.69, 9.17) is 27.9 Å². The first kappa shape index (κ1) is 31.2. The lowest BCUT2D eigenvalue weighted by Gasteiger charge is -2.37. The van der Waals surface area contributed by atoms with Gasteiger partial charge in [0.2, 0.25) is 23.8 Å². The Morgan fingerprint density at radius 1 is 0.886 bits per heavy atom. The Balaban J connectivity index is 0.00000384. The van der Waals surface area contributed by atoms with Gasteiger partial charge in [-0.2, -0.15) is 15.0 Å². The number of halogens is 1. The number of para-hydroxylation sites is 1. The molecule has 234 valence electrons. The number of hydrogen-bond acceptors (Lipinski definition) is 12. The Bertz CT molecular complexity index is 1550. The van der Waals surface area contributed by atoms with Crippen LogP contribution in [0, 0.1) is 0 Å². The van der Waals surface area contributed by atoms with Crippen LogP contribution in [0.25, 0.3) is 10.9 Å². The number of piperidine rings is 2. The van der Waals surface area contributed by atoms with Gasteiger partial charge in [-0.15, -0.1) is 12.4 Å². The van der Waals surface area contributed by atoms with Crippen molar-refractivity contribution in [2.24, 2.45) is 22.9 Å². The third-order valence-corrected chi connectivity index (χ3v) is 7.76. The van der Waals surface area contributed by atoms with Crippen LogP contribution in [0.4, 0.5) is 29.2 Å². The summed E-state index contributed by atoms with van der Waals surface area (Å²) in [7, 11) is 0. The summed E-state index contributed by atoms with van der Waals surface area (Å²) >= 11 is 0. The lowest BCUT2D eigenvalue weighted by molar-refractivity contribution is -0.115. The minimum absolute atomic E-state index is 0. The van der Waals surface area contributed by atoms with Gasteiger partial charge in [0.1, 0.15) is 5.75 Å². The molecule has 0 saturated carbocycles. The molecule has 0 bridgehead atoms. The van der Waals surface area contributed by atoms with Gasteiger partial charge in [0.05, 0.1) is 12.1 Å². The van der Waals surface area contributed by atoms with Crippen molar-refractivity contribution in [3.63, 3.8) is 0 Å². The van der Waals surface area contributed by atoms with E-state index in [0.29, 0.717) is 49.5 Å². The van der Waals surface area contributed by atoms with Gasteiger partial charge in [0.25, 0.3) is 0 Å². The van der Waals surface area contributed by atoms with Gasteiger partial charge in [0, 0.05) is 79.2 Å². The Morgan fingerprint density at radius 3 is 2.07 bits per heavy atom. The molecule has 6 rings (SSSR count). The fraction of sp³-hybridized carbons (Fsp3) is 0.379. The maximum atomic E-state index is 12.8. The van der Waals surface area contributed by atoms with Crippen molar-refractivity contribution >= 4 is 58.4 Å². The predicted molar refractivity (Wildman–Crippen MR) is 175 cm³/mol. The number of hydrogen-bond donors (Lipinski definition) is 8. The molecule has 0 spiro atoms. The second-order valence-corrected chi connectivity index (χ2v) is 11.5. The fourth-order valence-electron chi connectivity index (χ4n) is 5.87. The number of fused-ring (bicyclic) bond motifs is 1. The largest absolute Gasteiger partial charge is 0.506 e. The van der Waals surface area contributed by atoms with Gasteiger partial charge in [-0.3, -0.25) is 4.79 Å². The number of nitrogens with one attached hydrogen (secondary N) is 3. The highest BCUT2D eigenvalue weighted by molar-refractivity contribution is 5.97. The Hall–Kier alpha value is -4.21. The van der Waals surface area contributed by atoms with Crippen LogP contribution in [0.2, 0.25) is 0 Å². The minimum Gasteiger partial charge on any atom is -0.506 e. The van der Waals surface area contributed by atoms with Crippen LogP contribution in [-0.2, 0) is 11.2 Å². The molecule has 4 aromatic rings. The number of benzene rings is 2. The maximum Gasteiger partial charge on any atom is 0.233 e. The number of carbonyl (C=O) groups excluding carboxylic acids is 1. The summed E-state index contributed by atoms with van der Waals surface area (Å²) in [6.07, 6.45) is 3.43. The van der Waals surface area contributed by atoms with Crippen LogP contribution < -0.4 is 43.4 Å². The number of nitrogens with two attached hydrogens (primary N) is 4. The zero-order chi connectivity index (χ0) is 30.1. The van der Waals surface area contributed by atoms with Gasteiger partial charge in [-0.05, 0) is 36.6 Å². The number of aromatic amines is 1. The number of anilines is 5. The number of nitrogens with zero attached hydrogens (tertiary/aromatic N) is 5. The van der Waals surface area contributed by atoms with E-state index in [1.807, 2.05) is 40.3 Å². The summed E-state index contributed by atoms with van der Waals surface area (Å²) < 4.78 is 0. The number of carbonyl (C=O) groups is 1. The minimum atomic E-state index is -0.247. The number of aromatic nitrogens is 4. The zero-order valence-electron chi connectivity index (χ0n) is 24.2. The summed E-state index contributed by atoms with van der Waals surface area (Å²) in [6, 6.07) is 12.2. The first-order chi connectivity index (χ1) is 20.7. The maximum absolute atomic E-state index is 12.8. The quantitative estimate of drug-likeness (QED) is 0.136. The number of rotatable bonds is 7. The average molecular weight is 623 g/mol. The molecular weight excluding hydrogens is 584 g/mol. The van der Waals surface area contributed by atoms with E-state index >= 15 is 0 Å². The average Bonchev–Trinajstić information content (AvgIpc) is 3.36. The van der Waals surface area contributed by atoms with Crippen LogP contribution in [-0.4, -0.2) is 81.3 Å². The lowest BCUT2D eigenvalue weighted by atomic mass is 10.0. The van der Waals surface area contributed by atoms with Gasteiger partial charge in [-0.1, -0.05) is 18.2 Å². The first-order valence-electron chi connectivity index (χ1n) is 14.4. The van der Waals surface area contributed by atoms with Crippen LogP contribution in [0.5, 0.6) is 5.75 Å². The standard InChI is InChI=1S/C29H38N12O2.ClH/c30-17-8-18(31)13-40(12-17)28-37-27(38-29(39-28)41-14-19(32)9-20(33)15-41)35-21-5-6-24(25(42)10-21)36-26(43)7-16-11-34-23-4-2-1-3-22(16)23;/h1-6,10-11,17-20,34,42H,7-9,12-15,30-33H2,(H,36,43)(H,35,37,38,39);1H/t17-,18+,19-,20+;. The summed E-state index contributed by atoms with van der Waals surface area (Å²) in [5.41, 5.74) is 27.6. The predicted octanol–water partition coefficient (Wildman–Crippen LogP) is 1.13. The molecule has 2 saturated heterocycles. The van der Waals surface area contributed by atoms with Gasteiger partial charge < -0.3 is 53.5 Å². The second kappa shape index (κ2) is 13.2. The van der Waals surface area contributed by atoms with E-state index < -0.39 is 0 Å². The van der Waals surface area contributed by atoms with Crippen LogP contribution >= 0.6 is 12.4 Å². The Morgan fingerprint density at radius 2 is 1.48 bits per heavy atom. The van der Waals surface area contributed by atoms with Crippen LogP contribution in [0.3, 0.4) is 0 Å². The first-order valence-corrected chi connectivity index (χ1v) is 14.4. The third-order valence-electron chi connectivity index (χ3n) is 7.76. The van der Waals surface area contributed by atoms with Crippen LogP contribution in [0.1, 0.15) is 18.4 Å². The molecule has 2 fully saturated rings. The number of H-pyrrole nitrogens is 1. The van der Waals surface area contributed by atoms with Crippen molar-refractivity contribution in [2.45, 2.75) is 43.4 Å². The zero-order valence-corrected chi connectivity index (χ0v) is 25.0. The van der Waals surface area contributed by atoms with E-state index in [0.717, 1.165) is 29.3 Å². The molecule has 12 N–H and O–H groups in total. The topological polar surface area (TPSA) is 226 Å². The SMILES string of the molecule is Cl.N[C@@H]1C[C@H](N)CN(c2nc(Nc3ccc(NC(=O)Cc4c[nH]c5ccccc45)c(O)c3)nc(N3C[C@H](N)C[C@H](N)C3)n2)C1. The number of phenolic OH excluding ortho intramolecular Hbond substituents is 1. The molecule has 44 heavy (non-hydrogen) atoms. The molecule has 4 heterocycles. The molecule has 2 aliphatic heterocycles. The van der Waals surface area contributed by atoms with E-state index in [-0.39, 0.29) is 60.6 Å². The second-order valence-electron chi connectivity index (χ2n) is 11.5. The lowest BCUT2D eigenvalue weighted by Crippen LogP contribution is -2.54. The summed E-state index contributed by atoms with van der Waals surface area (Å²) in [6.45, 7) is 2.24. The van der Waals surface area contributed by atoms with E-state index in [9.17, 15) is 9.90 Å². The van der Waals surface area contributed by atoms with Gasteiger partial charge in [-0.25, -0.2) is 0 Å². The van der Waals surface area contributed by atoms with Gasteiger partial charge >= 0.3 is 0 Å². The highest BCUT2D eigenvalue weighted by Gasteiger charge is 2.29. The Labute approximate surface area is 261 Å². The van der Waals surface area contributed by atoms with Crippen molar-refractivity contribution in [2.75, 3.05) is 46.6 Å². The highest BCUT2D eigenvalue weighted by atomic mass is 35.5. The third kappa shape index (κ3) is 7.11. The van der Waals surface area contributed by atoms with Crippen molar-refractivity contribution in [1.29, 1.82) is 0 Å². The number of amides is 1. The molecule has 2 aromatic heterocycles. The Kier molecular flexibility index (Phi) is 9.36. The summed E-state index contributed by atoms with van der Waals surface area (Å²) in [5, 5.41) is 17.7.